The van der Waals surface area contributed by atoms with Gasteiger partial charge in [0.15, 0.2) is 5.13 Å². The van der Waals surface area contributed by atoms with Crippen molar-refractivity contribution in [1.82, 2.24) is 4.98 Å². The van der Waals surface area contributed by atoms with Gasteiger partial charge in [-0.15, -0.1) is 0 Å². The van der Waals surface area contributed by atoms with E-state index in [1.807, 2.05) is 0 Å². The Labute approximate surface area is 130 Å². The Kier molecular flexibility index (Phi) is 4.36. The van der Waals surface area contributed by atoms with E-state index >= 15 is 0 Å². The molecule has 0 aliphatic carbocycles. The van der Waals surface area contributed by atoms with Crippen molar-refractivity contribution in [1.29, 1.82) is 0 Å². The molecule has 0 saturated carbocycles. The molecule has 2 N–H and O–H groups in total. The van der Waals surface area contributed by atoms with E-state index in [-0.39, 0.29) is 0 Å². The van der Waals surface area contributed by atoms with Crippen LogP contribution < -0.4 is 10.0 Å². The molecule has 0 bridgehead atoms. The second-order valence-corrected chi connectivity index (χ2v) is 8.29. The maximum absolute atomic E-state index is 12.5. The third kappa shape index (κ3) is 3.13. The van der Waals surface area contributed by atoms with Crippen LogP contribution in [0.2, 0.25) is 0 Å². The van der Waals surface area contributed by atoms with Crippen molar-refractivity contribution in [3.8, 4) is 0 Å². The maximum Gasteiger partial charge on any atom is 0.264 e. The zero-order valence-corrected chi connectivity index (χ0v) is 14.4. The van der Waals surface area contributed by atoms with Crippen molar-refractivity contribution in [2.45, 2.75) is 18.7 Å². The molecule has 0 aliphatic heterocycles. The number of anilines is 2. The second kappa shape index (κ2) is 5.71. The first-order valence-corrected chi connectivity index (χ1v) is 8.86. The van der Waals surface area contributed by atoms with Crippen LogP contribution in [0, 0.1) is 13.8 Å². The molecule has 8 heteroatoms. The summed E-state index contributed by atoms with van der Waals surface area (Å²) >= 11 is 4.49. The highest BCUT2D eigenvalue weighted by Crippen LogP contribution is 2.29. The lowest BCUT2D eigenvalue weighted by Gasteiger charge is -2.13. The van der Waals surface area contributed by atoms with Crippen molar-refractivity contribution in [3.63, 3.8) is 0 Å². The van der Waals surface area contributed by atoms with Crippen LogP contribution >= 0.6 is 27.3 Å². The zero-order chi connectivity index (χ0) is 14.9. The minimum absolute atomic E-state index is 0.294. The summed E-state index contributed by atoms with van der Waals surface area (Å²) in [5.41, 5.74) is 2.27. The lowest BCUT2D eigenvalue weighted by Crippen LogP contribution is -2.15. The molecule has 5 nitrogen and oxygen atoms in total. The van der Waals surface area contributed by atoms with Crippen LogP contribution in [-0.4, -0.2) is 20.4 Å². The molecule has 0 amide bonds. The van der Waals surface area contributed by atoms with Gasteiger partial charge in [0, 0.05) is 12.7 Å². The molecular weight excluding hydrogens is 362 g/mol. The Morgan fingerprint density at radius 2 is 1.85 bits per heavy atom. The van der Waals surface area contributed by atoms with Crippen molar-refractivity contribution in [2.24, 2.45) is 0 Å². The maximum atomic E-state index is 12.5. The van der Waals surface area contributed by atoms with E-state index in [0.717, 1.165) is 9.47 Å². The first kappa shape index (κ1) is 15.3. The Morgan fingerprint density at radius 3 is 2.30 bits per heavy atom. The second-order valence-electron chi connectivity index (χ2n) is 4.26. The summed E-state index contributed by atoms with van der Waals surface area (Å²) in [5, 5.41) is 3.35. The molecule has 0 spiro atoms. The van der Waals surface area contributed by atoms with Crippen LogP contribution in [0.5, 0.6) is 0 Å². The van der Waals surface area contributed by atoms with Gasteiger partial charge >= 0.3 is 0 Å². The van der Waals surface area contributed by atoms with Gasteiger partial charge in [0.25, 0.3) is 10.0 Å². The average molecular weight is 376 g/mol. The largest absolute Gasteiger partial charge is 0.388 e. The zero-order valence-electron chi connectivity index (χ0n) is 11.2. The molecule has 0 saturated heterocycles. The Bertz CT molecular complexity index is 718. The van der Waals surface area contributed by atoms with Gasteiger partial charge < -0.3 is 5.32 Å². The Morgan fingerprint density at radius 1 is 1.25 bits per heavy atom. The minimum Gasteiger partial charge on any atom is -0.388 e. The van der Waals surface area contributed by atoms with Gasteiger partial charge in [-0.25, -0.2) is 13.4 Å². The van der Waals surface area contributed by atoms with E-state index in [1.54, 1.807) is 39.2 Å². The fraction of sp³-hybridized carbons (Fsp3) is 0.250. The van der Waals surface area contributed by atoms with Gasteiger partial charge in [-0.05, 0) is 53.0 Å². The molecule has 1 aromatic heterocycles. The van der Waals surface area contributed by atoms with E-state index in [1.165, 1.54) is 11.3 Å². The number of sulfonamides is 1. The molecule has 2 rings (SSSR count). The number of hydrogen-bond acceptors (Lipinski definition) is 5. The summed E-state index contributed by atoms with van der Waals surface area (Å²) in [4.78, 5) is 4.28. The molecular formula is C12H14BrN3O2S2. The van der Waals surface area contributed by atoms with Gasteiger partial charge in [-0.3, -0.25) is 4.72 Å². The van der Waals surface area contributed by atoms with E-state index in [9.17, 15) is 8.42 Å². The summed E-state index contributed by atoms with van der Waals surface area (Å²) in [6.07, 6.45) is 1.56. The quantitative estimate of drug-likeness (QED) is 0.859. The van der Waals surface area contributed by atoms with E-state index in [0.29, 0.717) is 21.2 Å². The van der Waals surface area contributed by atoms with E-state index in [2.05, 4.69) is 31.0 Å². The summed E-state index contributed by atoms with van der Waals surface area (Å²) in [7, 11) is -1.84. The number of nitrogens with zero attached hydrogens (tertiary/aromatic N) is 1. The van der Waals surface area contributed by atoms with Crippen LogP contribution in [0.25, 0.3) is 0 Å². The van der Waals surface area contributed by atoms with Gasteiger partial charge in [0.05, 0.1) is 14.9 Å². The van der Waals surface area contributed by atoms with Crippen LogP contribution in [0.15, 0.2) is 27.0 Å². The summed E-state index contributed by atoms with van der Waals surface area (Å²) in [6, 6.07) is 3.61. The molecule has 0 aliphatic rings. The summed E-state index contributed by atoms with van der Waals surface area (Å²) in [6.45, 7) is 3.56. The summed E-state index contributed by atoms with van der Waals surface area (Å²) in [5.74, 6) is 0. The molecule has 108 valence electrons. The smallest absolute Gasteiger partial charge is 0.264 e. The van der Waals surface area contributed by atoms with Gasteiger partial charge in [0.1, 0.15) is 0 Å². The Balaban J connectivity index is 2.44. The highest BCUT2D eigenvalue weighted by atomic mass is 79.9. The third-order valence-corrected chi connectivity index (χ3v) is 5.88. The average Bonchev–Trinajstić information content (AvgIpc) is 2.72. The predicted octanol–water partition coefficient (Wildman–Crippen LogP) is 3.36. The SMILES string of the molecule is CNc1cc(C)c(S(=O)(=O)Nc2ncc(Br)s2)c(C)c1. The number of benzene rings is 1. The fourth-order valence-electron chi connectivity index (χ4n) is 1.99. The molecule has 0 fully saturated rings. The molecule has 1 aromatic carbocycles. The van der Waals surface area contributed by atoms with Gasteiger partial charge in [-0.1, -0.05) is 11.3 Å². The van der Waals surface area contributed by atoms with Crippen LogP contribution in [-0.2, 0) is 10.0 Å². The Hall–Kier alpha value is -1.12. The molecule has 1 heterocycles. The van der Waals surface area contributed by atoms with Crippen LogP contribution in [0.4, 0.5) is 10.8 Å². The highest BCUT2D eigenvalue weighted by molar-refractivity contribution is 9.11. The third-order valence-electron chi connectivity index (χ3n) is 2.72. The molecule has 0 radical (unpaired) electrons. The number of rotatable bonds is 4. The highest BCUT2D eigenvalue weighted by Gasteiger charge is 2.21. The minimum atomic E-state index is -3.64. The molecule has 20 heavy (non-hydrogen) atoms. The summed E-state index contributed by atoms with van der Waals surface area (Å²) < 4.78 is 28.2. The fourth-order valence-corrected chi connectivity index (χ4v) is 4.79. The number of nitrogens with one attached hydrogen (secondary N) is 2. The van der Waals surface area contributed by atoms with Crippen molar-refractivity contribution in [3.05, 3.63) is 33.2 Å². The van der Waals surface area contributed by atoms with E-state index < -0.39 is 10.0 Å². The van der Waals surface area contributed by atoms with E-state index in [4.69, 9.17) is 0 Å². The molecule has 2 aromatic rings. The normalized spacial score (nSPS) is 11.4. The number of halogens is 1. The van der Waals surface area contributed by atoms with Crippen molar-refractivity contribution in [2.75, 3.05) is 17.1 Å². The predicted molar refractivity (Wildman–Crippen MR) is 86.1 cm³/mol. The number of thiazole rings is 1. The number of aromatic nitrogens is 1. The molecule has 0 unspecified atom stereocenters. The standard InChI is InChI=1S/C12H14BrN3O2S2/c1-7-4-9(14-3)5-8(2)11(7)20(17,18)16-12-15-6-10(13)19-12/h4-6,14H,1-3H3,(H,15,16). The lowest BCUT2D eigenvalue weighted by atomic mass is 10.1. The monoisotopic (exact) mass is 375 g/mol. The first-order valence-electron chi connectivity index (χ1n) is 5.76. The van der Waals surface area contributed by atoms with Gasteiger partial charge in [0.2, 0.25) is 0 Å². The van der Waals surface area contributed by atoms with Crippen LogP contribution in [0.1, 0.15) is 11.1 Å². The number of aryl methyl sites for hydroxylation is 2. The van der Waals surface area contributed by atoms with Crippen molar-refractivity contribution < 1.29 is 8.42 Å². The lowest BCUT2D eigenvalue weighted by molar-refractivity contribution is 0.600. The van der Waals surface area contributed by atoms with Gasteiger partial charge in [-0.2, -0.15) is 0 Å². The topological polar surface area (TPSA) is 71.1 Å². The number of hydrogen-bond donors (Lipinski definition) is 2. The molecule has 0 atom stereocenters. The van der Waals surface area contributed by atoms with Crippen LogP contribution in [0.3, 0.4) is 0 Å². The van der Waals surface area contributed by atoms with Crippen molar-refractivity contribution >= 4 is 48.1 Å². The first-order chi connectivity index (χ1) is 9.33.